The number of carbonyl (C=O) groups is 1. The fourth-order valence-electron chi connectivity index (χ4n) is 2.69. The zero-order valence-corrected chi connectivity index (χ0v) is 12.6. The van der Waals surface area contributed by atoms with Gasteiger partial charge < -0.3 is 5.32 Å². The fraction of sp³-hybridized carbons (Fsp3) is 0.692. The molecule has 2 rings (SSSR count). The third kappa shape index (κ3) is 2.68. The molecule has 1 atom stereocenters. The first-order valence-electron chi connectivity index (χ1n) is 6.75. The molecular formula is C13H17ClF3N3O. The van der Waals surface area contributed by atoms with Crippen LogP contribution in [0, 0.1) is 12.3 Å². The van der Waals surface area contributed by atoms with Crippen molar-refractivity contribution >= 4 is 17.4 Å². The minimum atomic E-state index is -4.56. The van der Waals surface area contributed by atoms with E-state index in [-0.39, 0.29) is 31.0 Å². The highest BCUT2D eigenvalue weighted by Crippen LogP contribution is 2.44. The van der Waals surface area contributed by atoms with E-state index in [9.17, 15) is 18.0 Å². The number of alkyl halides is 3. The number of aryl methyl sites for hydroxylation is 2. The second-order valence-corrected chi connectivity index (χ2v) is 5.65. The molecule has 4 nitrogen and oxygen atoms in total. The Bertz CT molecular complexity index is 548. The van der Waals surface area contributed by atoms with Crippen LogP contribution in [0.2, 0.25) is 5.02 Å². The van der Waals surface area contributed by atoms with Crippen molar-refractivity contribution in [2.24, 2.45) is 5.41 Å². The minimum absolute atomic E-state index is 0.186. The lowest BCUT2D eigenvalue weighted by molar-refractivity contribution is -0.214. The van der Waals surface area contributed by atoms with E-state index in [1.54, 1.807) is 13.8 Å². The molecule has 0 amide bonds. The molecule has 0 spiro atoms. The van der Waals surface area contributed by atoms with Gasteiger partial charge in [0.25, 0.3) is 0 Å². The summed E-state index contributed by atoms with van der Waals surface area (Å²) in [6, 6.07) is 0. The van der Waals surface area contributed by atoms with Gasteiger partial charge >= 0.3 is 6.18 Å². The van der Waals surface area contributed by atoms with E-state index in [1.165, 1.54) is 4.68 Å². The van der Waals surface area contributed by atoms with Crippen molar-refractivity contribution in [1.29, 1.82) is 0 Å². The van der Waals surface area contributed by atoms with Gasteiger partial charge in [-0.15, -0.1) is 0 Å². The van der Waals surface area contributed by atoms with Gasteiger partial charge in [0, 0.05) is 13.1 Å². The first-order valence-corrected chi connectivity index (χ1v) is 7.13. The summed E-state index contributed by atoms with van der Waals surface area (Å²) in [6.45, 7) is 3.73. The van der Waals surface area contributed by atoms with Crippen LogP contribution in [-0.4, -0.2) is 34.8 Å². The highest BCUT2D eigenvalue weighted by Gasteiger charge is 2.60. The van der Waals surface area contributed by atoms with Crippen LogP contribution >= 0.6 is 11.6 Å². The average molecular weight is 324 g/mol. The van der Waals surface area contributed by atoms with Gasteiger partial charge in [0.2, 0.25) is 0 Å². The molecule has 0 aliphatic carbocycles. The van der Waals surface area contributed by atoms with E-state index in [4.69, 9.17) is 11.6 Å². The van der Waals surface area contributed by atoms with Gasteiger partial charge in [-0.2, -0.15) is 18.3 Å². The molecule has 1 aromatic rings. The smallest absolute Gasteiger partial charge is 0.315 e. The number of Topliss-reactive ketones (excluding diaryl/α,β-unsaturated/α-hetero) is 1. The number of rotatable bonds is 4. The molecule has 1 fully saturated rings. The topological polar surface area (TPSA) is 46.9 Å². The molecule has 0 radical (unpaired) electrons. The fourth-order valence-corrected chi connectivity index (χ4v) is 2.89. The predicted molar refractivity (Wildman–Crippen MR) is 72.3 cm³/mol. The number of ketones is 1. The van der Waals surface area contributed by atoms with E-state index in [0.29, 0.717) is 17.9 Å². The Balaban J connectivity index is 2.33. The lowest BCUT2D eigenvalue weighted by Crippen LogP contribution is -2.47. The number of hydrogen-bond acceptors (Lipinski definition) is 3. The molecule has 21 heavy (non-hydrogen) atoms. The maximum atomic E-state index is 13.3. The van der Waals surface area contributed by atoms with E-state index in [1.807, 2.05) is 0 Å². The van der Waals surface area contributed by atoms with Crippen molar-refractivity contribution in [2.45, 2.75) is 39.4 Å². The van der Waals surface area contributed by atoms with E-state index in [2.05, 4.69) is 10.4 Å². The number of aromatic nitrogens is 2. The summed E-state index contributed by atoms with van der Waals surface area (Å²) in [5, 5.41) is 7.04. The molecule has 0 bridgehead atoms. The lowest BCUT2D eigenvalue weighted by Gasteiger charge is -2.29. The standard InChI is InChI=1S/C13H17ClF3N3O/c1-3-20-9(11(14)8(2)19-20)6-10(21)12(13(15,16)17)4-5-18-7-12/h18H,3-7H2,1-2H3. The molecular weight excluding hydrogens is 307 g/mol. The van der Waals surface area contributed by atoms with Gasteiger partial charge in [-0.1, -0.05) is 11.6 Å². The van der Waals surface area contributed by atoms with Crippen LogP contribution < -0.4 is 5.32 Å². The molecule has 1 unspecified atom stereocenters. The van der Waals surface area contributed by atoms with Gasteiger partial charge in [0.1, 0.15) is 5.41 Å². The Labute approximate surface area is 125 Å². The van der Waals surface area contributed by atoms with Crippen molar-refractivity contribution in [3.8, 4) is 0 Å². The monoisotopic (exact) mass is 323 g/mol. The summed E-state index contributed by atoms with van der Waals surface area (Å²) >= 11 is 6.07. The van der Waals surface area contributed by atoms with Crippen molar-refractivity contribution in [2.75, 3.05) is 13.1 Å². The first-order chi connectivity index (χ1) is 9.73. The Morgan fingerprint density at radius 2 is 2.19 bits per heavy atom. The molecule has 0 aromatic carbocycles. The predicted octanol–water partition coefficient (Wildman–Crippen LogP) is 2.52. The number of halogens is 4. The van der Waals surface area contributed by atoms with E-state index < -0.39 is 17.4 Å². The van der Waals surface area contributed by atoms with Crippen molar-refractivity contribution in [3.05, 3.63) is 16.4 Å². The molecule has 2 heterocycles. The number of nitrogens with one attached hydrogen (secondary N) is 1. The molecule has 1 aliphatic rings. The number of hydrogen-bond donors (Lipinski definition) is 1. The normalized spacial score (nSPS) is 22.8. The summed E-state index contributed by atoms with van der Waals surface area (Å²) in [5.74, 6) is -0.850. The van der Waals surface area contributed by atoms with Crippen LogP contribution in [0.25, 0.3) is 0 Å². The SMILES string of the molecule is CCn1nc(C)c(Cl)c1CC(=O)C1(C(F)(F)F)CCNC1. The first kappa shape index (κ1) is 16.3. The quantitative estimate of drug-likeness (QED) is 0.926. The maximum absolute atomic E-state index is 13.3. The third-order valence-electron chi connectivity index (χ3n) is 4.01. The van der Waals surface area contributed by atoms with Gasteiger partial charge in [-0.05, 0) is 26.8 Å². The summed E-state index contributed by atoms with van der Waals surface area (Å²) in [6.07, 6.45) is -5.15. The molecule has 8 heteroatoms. The van der Waals surface area contributed by atoms with Crippen LogP contribution in [0.4, 0.5) is 13.2 Å². The summed E-state index contributed by atoms with van der Waals surface area (Å²) in [7, 11) is 0. The van der Waals surface area contributed by atoms with Crippen LogP contribution in [0.15, 0.2) is 0 Å². The third-order valence-corrected chi connectivity index (χ3v) is 4.50. The Morgan fingerprint density at radius 3 is 2.67 bits per heavy atom. The van der Waals surface area contributed by atoms with Crippen molar-refractivity contribution in [3.63, 3.8) is 0 Å². The van der Waals surface area contributed by atoms with Gasteiger partial charge in [-0.3, -0.25) is 9.48 Å². The number of nitrogens with zero attached hydrogens (tertiary/aromatic N) is 2. The summed E-state index contributed by atoms with van der Waals surface area (Å²) < 4.78 is 41.5. The highest BCUT2D eigenvalue weighted by atomic mass is 35.5. The Morgan fingerprint density at radius 1 is 1.52 bits per heavy atom. The largest absolute Gasteiger partial charge is 0.402 e. The lowest BCUT2D eigenvalue weighted by atomic mass is 9.80. The minimum Gasteiger partial charge on any atom is -0.315 e. The summed E-state index contributed by atoms with van der Waals surface area (Å²) in [5.41, 5.74) is -1.43. The second kappa shape index (κ2) is 5.61. The Kier molecular flexibility index (Phi) is 4.35. The van der Waals surface area contributed by atoms with Crippen molar-refractivity contribution < 1.29 is 18.0 Å². The van der Waals surface area contributed by atoms with Crippen LogP contribution in [-0.2, 0) is 17.8 Å². The van der Waals surface area contributed by atoms with Crippen LogP contribution in [0.1, 0.15) is 24.7 Å². The van der Waals surface area contributed by atoms with Gasteiger partial charge in [0.05, 0.1) is 22.8 Å². The highest BCUT2D eigenvalue weighted by molar-refractivity contribution is 6.32. The van der Waals surface area contributed by atoms with E-state index >= 15 is 0 Å². The van der Waals surface area contributed by atoms with Crippen LogP contribution in [0.5, 0.6) is 0 Å². The molecule has 1 aromatic heterocycles. The molecule has 118 valence electrons. The van der Waals surface area contributed by atoms with Crippen molar-refractivity contribution in [1.82, 2.24) is 15.1 Å². The zero-order valence-electron chi connectivity index (χ0n) is 11.9. The molecule has 1 N–H and O–H groups in total. The van der Waals surface area contributed by atoms with Gasteiger partial charge in [-0.25, -0.2) is 0 Å². The average Bonchev–Trinajstić information content (AvgIpc) is 2.99. The summed E-state index contributed by atoms with van der Waals surface area (Å²) in [4.78, 5) is 12.4. The Hall–Kier alpha value is -1.08. The molecule has 1 saturated heterocycles. The van der Waals surface area contributed by atoms with Crippen LogP contribution in [0.3, 0.4) is 0 Å². The maximum Gasteiger partial charge on any atom is 0.402 e. The van der Waals surface area contributed by atoms with Gasteiger partial charge in [0.15, 0.2) is 5.78 Å². The zero-order chi connectivity index (χ0) is 15.8. The molecule has 0 saturated carbocycles. The van der Waals surface area contributed by atoms with E-state index in [0.717, 1.165) is 0 Å². The second-order valence-electron chi connectivity index (χ2n) is 5.27. The number of carbonyl (C=O) groups excluding carboxylic acids is 1. The molecule has 1 aliphatic heterocycles.